The van der Waals surface area contributed by atoms with Crippen LogP contribution in [0.15, 0.2) is 16.6 Å². The van der Waals surface area contributed by atoms with Gasteiger partial charge in [0, 0.05) is 5.39 Å². The first-order chi connectivity index (χ1) is 7.54. The Morgan fingerprint density at radius 1 is 1.44 bits per heavy atom. The number of nitrogens with one attached hydrogen (secondary N) is 1. The van der Waals surface area contributed by atoms with Crippen molar-refractivity contribution in [2.75, 3.05) is 7.11 Å². The van der Waals surface area contributed by atoms with Crippen molar-refractivity contribution in [2.24, 2.45) is 0 Å². The second-order valence-corrected chi connectivity index (χ2v) is 3.97. The van der Waals surface area contributed by atoms with Crippen LogP contribution in [-0.2, 0) is 4.74 Å². The highest BCUT2D eigenvalue weighted by Gasteiger charge is 2.17. The predicted molar refractivity (Wildman–Crippen MR) is 57.3 cm³/mol. The van der Waals surface area contributed by atoms with Crippen LogP contribution >= 0.6 is 15.9 Å². The maximum absolute atomic E-state index is 13.6. The van der Waals surface area contributed by atoms with Crippen LogP contribution < -0.4 is 0 Å². The molecule has 84 valence electrons. The summed E-state index contributed by atoms with van der Waals surface area (Å²) >= 11 is 2.89. The molecule has 1 aromatic carbocycles. The predicted octanol–water partition coefficient (Wildman–Crippen LogP) is 3.00. The number of aromatic nitrogens is 1. The Kier molecular flexibility index (Phi) is 2.67. The summed E-state index contributed by atoms with van der Waals surface area (Å²) in [6.07, 6.45) is 0. The molecule has 0 unspecified atom stereocenters. The summed E-state index contributed by atoms with van der Waals surface area (Å²) in [5.74, 6) is -1.94. The van der Waals surface area contributed by atoms with Gasteiger partial charge in [-0.2, -0.15) is 0 Å². The first-order valence-corrected chi connectivity index (χ1v) is 5.08. The number of hydrogen-bond acceptors (Lipinski definition) is 2. The van der Waals surface area contributed by atoms with E-state index in [-0.39, 0.29) is 21.1 Å². The minimum Gasteiger partial charge on any atom is -0.464 e. The SMILES string of the molecule is COC(=O)c1cc2c(F)c(Br)cc(F)c2[nH]1. The van der Waals surface area contributed by atoms with E-state index in [1.54, 1.807) is 0 Å². The minimum atomic E-state index is -0.675. The van der Waals surface area contributed by atoms with Gasteiger partial charge in [0.1, 0.15) is 17.3 Å². The van der Waals surface area contributed by atoms with E-state index in [1.807, 2.05) is 0 Å². The summed E-state index contributed by atoms with van der Waals surface area (Å²) in [5.41, 5.74) is -0.0468. The number of H-pyrrole nitrogens is 1. The molecule has 0 bridgehead atoms. The van der Waals surface area contributed by atoms with Crippen LogP contribution in [0.2, 0.25) is 0 Å². The van der Waals surface area contributed by atoms with Gasteiger partial charge in [0.25, 0.3) is 0 Å². The average molecular weight is 290 g/mol. The summed E-state index contributed by atoms with van der Waals surface area (Å²) in [5, 5.41) is 0.00674. The van der Waals surface area contributed by atoms with Gasteiger partial charge in [-0.05, 0) is 28.1 Å². The Labute approximate surface area is 97.5 Å². The van der Waals surface area contributed by atoms with Crippen LogP contribution in [0.25, 0.3) is 10.9 Å². The van der Waals surface area contributed by atoms with E-state index in [9.17, 15) is 13.6 Å². The third kappa shape index (κ3) is 1.59. The van der Waals surface area contributed by atoms with E-state index in [0.29, 0.717) is 0 Å². The van der Waals surface area contributed by atoms with Crippen LogP contribution in [0.3, 0.4) is 0 Å². The first kappa shape index (κ1) is 11.1. The fourth-order valence-electron chi connectivity index (χ4n) is 1.41. The Morgan fingerprint density at radius 3 is 2.75 bits per heavy atom. The standard InChI is InChI=1S/C10H6BrF2NO2/c1-16-10(15)7-2-4-8(13)5(11)3-6(12)9(4)14-7/h2-3,14H,1H3. The second kappa shape index (κ2) is 3.86. The van der Waals surface area contributed by atoms with E-state index in [1.165, 1.54) is 13.2 Å². The van der Waals surface area contributed by atoms with Crippen LogP contribution in [0, 0.1) is 11.6 Å². The van der Waals surface area contributed by atoms with Crippen LogP contribution in [0.5, 0.6) is 0 Å². The molecule has 0 radical (unpaired) electrons. The van der Waals surface area contributed by atoms with E-state index in [4.69, 9.17) is 0 Å². The van der Waals surface area contributed by atoms with Crippen molar-refractivity contribution < 1.29 is 18.3 Å². The highest BCUT2D eigenvalue weighted by Crippen LogP contribution is 2.28. The number of carbonyl (C=O) groups excluding carboxylic acids is 1. The molecule has 0 aliphatic carbocycles. The summed E-state index contributed by atoms with van der Waals surface area (Å²) in [7, 11) is 1.19. The third-order valence-corrected chi connectivity index (χ3v) is 2.74. The number of aromatic amines is 1. The lowest BCUT2D eigenvalue weighted by atomic mass is 10.2. The molecule has 0 spiro atoms. The van der Waals surface area contributed by atoms with Crippen molar-refractivity contribution in [3.63, 3.8) is 0 Å². The number of benzene rings is 1. The zero-order chi connectivity index (χ0) is 11.9. The molecule has 2 rings (SSSR count). The monoisotopic (exact) mass is 289 g/mol. The van der Waals surface area contributed by atoms with Gasteiger partial charge >= 0.3 is 5.97 Å². The van der Waals surface area contributed by atoms with Gasteiger partial charge in [0.2, 0.25) is 0 Å². The van der Waals surface area contributed by atoms with Gasteiger partial charge in [0.15, 0.2) is 0 Å². The molecule has 0 atom stereocenters. The molecular weight excluding hydrogens is 284 g/mol. The number of ether oxygens (including phenoxy) is 1. The second-order valence-electron chi connectivity index (χ2n) is 3.12. The molecule has 1 heterocycles. The fraction of sp³-hybridized carbons (Fsp3) is 0.100. The Hall–Kier alpha value is -1.43. The van der Waals surface area contributed by atoms with Crippen LogP contribution in [0.1, 0.15) is 10.5 Å². The topological polar surface area (TPSA) is 42.1 Å². The molecular formula is C10H6BrF2NO2. The van der Waals surface area contributed by atoms with E-state index in [2.05, 4.69) is 25.7 Å². The van der Waals surface area contributed by atoms with Gasteiger partial charge in [-0.3, -0.25) is 0 Å². The maximum atomic E-state index is 13.6. The van der Waals surface area contributed by atoms with Gasteiger partial charge in [-0.1, -0.05) is 0 Å². The number of hydrogen-bond donors (Lipinski definition) is 1. The largest absolute Gasteiger partial charge is 0.464 e. The van der Waals surface area contributed by atoms with Crippen molar-refractivity contribution in [1.29, 1.82) is 0 Å². The zero-order valence-corrected chi connectivity index (χ0v) is 9.69. The van der Waals surface area contributed by atoms with Gasteiger partial charge in [-0.15, -0.1) is 0 Å². The normalized spacial score (nSPS) is 10.8. The van der Waals surface area contributed by atoms with Crippen LogP contribution in [0.4, 0.5) is 8.78 Å². The average Bonchev–Trinajstić information content (AvgIpc) is 2.70. The lowest BCUT2D eigenvalue weighted by Gasteiger charge is -1.97. The molecule has 0 aliphatic heterocycles. The van der Waals surface area contributed by atoms with Gasteiger partial charge in [-0.25, -0.2) is 13.6 Å². The molecule has 2 aromatic rings. The Morgan fingerprint density at radius 2 is 2.12 bits per heavy atom. The molecule has 0 amide bonds. The molecule has 6 heteroatoms. The Bertz CT molecular complexity index is 580. The number of esters is 1. The molecule has 1 N–H and O–H groups in total. The molecule has 0 saturated heterocycles. The van der Waals surface area contributed by atoms with Gasteiger partial charge < -0.3 is 9.72 Å². The molecule has 0 aliphatic rings. The fourth-order valence-corrected chi connectivity index (χ4v) is 1.83. The molecule has 0 fully saturated rings. The molecule has 0 saturated carbocycles. The molecule has 3 nitrogen and oxygen atoms in total. The van der Waals surface area contributed by atoms with Crippen molar-refractivity contribution in [2.45, 2.75) is 0 Å². The van der Waals surface area contributed by atoms with Crippen LogP contribution in [-0.4, -0.2) is 18.1 Å². The molecule has 1 aromatic heterocycles. The molecule has 16 heavy (non-hydrogen) atoms. The van der Waals surface area contributed by atoms with Crippen molar-refractivity contribution in [1.82, 2.24) is 4.98 Å². The summed E-state index contributed by atoms with van der Waals surface area (Å²) < 4.78 is 31.5. The minimum absolute atomic E-state index is 0.00674. The van der Waals surface area contributed by atoms with Gasteiger partial charge in [0.05, 0.1) is 17.1 Å². The first-order valence-electron chi connectivity index (χ1n) is 4.29. The number of rotatable bonds is 1. The number of fused-ring (bicyclic) bond motifs is 1. The lowest BCUT2D eigenvalue weighted by molar-refractivity contribution is 0.0595. The summed E-state index contributed by atoms with van der Waals surface area (Å²) in [6.45, 7) is 0. The highest BCUT2D eigenvalue weighted by atomic mass is 79.9. The van der Waals surface area contributed by atoms with Crippen molar-refractivity contribution in [3.8, 4) is 0 Å². The summed E-state index contributed by atoms with van der Waals surface area (Å²) in [4.78, 5) is 13.7. The third-order valence-electron chi connectivity index (χ3n) is 2.16. The highest BCUT2D eigenvalue weighted by molar-refractivity contribution is 9.10. The maximum Gasteiger partial charge on any atom is 0.354 e. The summed E-state index contributed by atoms with van der Waals surface area (Å²) in [6, 6.07) is 2.21. The quantitative estimate of drug-likeness (QED) is 0.648. The number of halogens is 3. The van der Waals surface area contributed by atoms with E-state index < -0.39 is 17.6 Å². The van der Waals surface area contributed by atoms with E-state index in [0.717, 1.165) is 6.07 Å². The van der Waals surface area contributed by atoms with Crippen molar-refractivity contribution in [3.05, 3.63) is 33.9 Å². The Balaban J connectivity index is 2.74. The zero-order valence-electron chi connectivity index (χ0n) is 8.11. The van der Waals surface area contributed by atoms with Crippen molar-refractivity contribution >= 4 is 32.8 Å². The number of carbonyl (C=O) groups is 1. The lowest BCUT2D eigenvalue weighted by Crippen LogP contribution is -2.00. The number of methoxy groups -OCH3 is 1. The smallest absolute Gasteiger partial charge is 0.354 e. The van der Waals surface area contributed by atoms with E-state index >= 15 is 0 Å².